The Hall–Kier alpha value is -4.61. The Morgan fingerprint density at radius 1 is 0.909 bits per heavy atom. The number of hydrogen-bond donors (Lipinski definition) is 2. The van der Waals surface area contributed by atoms with Crippen molar-refractivity contribution in [3.63, 3.8) is 0 Å². The lowest BCUT2D eigenvalue weighted by atomic mass is 9.95. The van der Waals surface area contributed by atoms with Crippen LogP contribution in [0.2, 0.25) is 0 Å². The Morgan fingerprint density at radius 3 is 1.91 bits per heavy atom. The van der Waals surface area contributed by atoms with E-state index < -0.39 is 39.3 Å². The van der Waals surface area contributed by atoms with Crippen LogP contribution in [0.1, 0.15) is 30.0 Å². The molecule has 2 aromatic carbocycles. The highest BCUT2D eigenvalue weighted by molar-refractivity contribution is 6.46. The summed E-state index contributed by atoms with van der Waals surface area (Å²) in [5.41, 5.74) is -0.433. The number of non-ortho nitro benzene ring substituents is 2. The van der Waals surface area contributed by atoms with E-state index in [0.29, 0.717) is 5.56 Å². The third-order valence-corrected chi connectivity index (χ3v) is 5.10. The molecule has 1 fully saturated rings. The maximum absolute atomic E-state index is 12.8. The van der Waals surface area contributed by atoms with Gasteiger partial charge >= 0.3 is 5.97 Å². The monoisotopic (exact) mass is 455 g/mol. The SMILES string of the molecule is O=C(O)CCCN1C(=O)C(=O)/C(=C(/O)c2ccc([N+](=O)[O-])cc2)[C@@H]1c1ccc([N+](=O)[O-])cc1. The molecule has 1 aliphatic heterocycles. The summed E-state index contributed by atoms with van der Waals surface area (Å²) in [5, 5.41) is 41.6. The summed E-state index contributed by atoms with van der Waals surface area (Å²) in [6, 6.07) is 8.59. The summed E-state index contributed by atoms with van der Waals surface area (Å²) in [7, 11) is 0. The maximum atomic E-state index is 12.8. The van der Waals surface area contributed by atoms with Crippen molar-refractivity contribution in [1.29, 1.82) is 0 Å². The van der Waals surface area contributed by atoms with Gasteiger partial charge in [-0.05, 0) is 36.2 Å². The number of amides is 1. The van der Waals surface area contributed by atoms with Crippen molar-refractivity contribution >= 4 is 34.8 Å². The van der Waals surface area contributed by atoms with Crippen molar-refractivity contribution < 1.29 is 34.4 Å². The average Bonchev–Trinajstić information content (AvgIpc) is 3.03. The molecular weight excluding hydrogens is 438 g/mol. The van der Waals surface area contributed by atoms with E-state index in [2.05, 4.69) is 0 Å². The molecule has 2 aromatic rings. The summed E-state index contributed by atoms with van der Waals surface area (Å²) in [6.45, 7) is -0.116. The van der Waals surface area contributed by atoms with Crippen LogP contribution in [0.15, 0.2) is 54.1 Å². The number of aliphatic hydroxyl groups is 1. The van der Waals surface area contributed by atoms with Crippen LogP contribution in [0.25, 0.3) is 5.76 Å². The predicted molar refractivity (Wildman–Crippen MR) is 112 cm³/mol. The molecule has 2 N–H and O–H groups in total. The third-order valence-electron chi connectivity index (χ3n) is 5.10. The van der Waals surface area contributed by atoms with E-state index in [9.17, 15) is 39.7 Å². The zero-order valence-electron chi connectivity index (χ0n) is 16.9. The molecule has 0 bridgehead atoms. The predicted octanol–water partition coefficient (Wildman–Crippen LogP) is 2.79. The second-order valence-corrected chi connectivity index (χ2v) is 7.14. The Balaban J connectivity index is 2.10. The number of hydrogen-bond acceptors (Lipinski definition) is 8. The van der Waals surface area contributed by atoms with Crippen molar-refractivity contribution in [2.45, 2.75) is 18.9 Å². The molecular formula is C21H17N3O9. The molecule has 1 amide bonds. The van der Waals surface area contributed by atoms with Gasteiger partial charge < -0.3 is 15.1 Å². The van der Waals surface area contributed by atoms with Gasteiger partial charge in [-0.25, -0.2) is 0 Å². The number of benzene rings is 2. The maximum Gasteiger partial charge on any atom is 0.303 e. The first-order chi connectivity index (χ1) is 15.6. The number of aliphatic hydroxyl groups excluding tert-OH is 1. The molecule has 0 saturated carbocycles. The number of rotatable bonds is 8. The molecule has 0 aromatic heterocycles. The van der Waals surface area contributed by atoms with E-state index in [1.807, 2.05) is 0 Å². The van der Waals surface area contributed by atoms with Gasteiger partial charge in [0.15, 0.2) is 0 Å². The van der Waals surface area contributed by atoms with Crippen LogP contribution in [0.4, 0.5) is 11.4 Å². The summed E-state index contributed by atoms with van der Waals surface area (Å²) in [6.07, 6.45) is -0.234. The molecule has 0 unspecified atom stereocenters. The largest absolute Gasteiger partial charge is 0.507 e. The molecule has 0 radical (unpaired) electrons. The van der Waals surface area contributed by atoms with E-state index in [-0.39, 0.29) is 41.9 Å². The lowest BCUT2D eigenvalue weighted by molar-refractivity contribution is -0.385. The molecule has 3 rings (SSSR count). The molecule has 12 heteroatoms. The van der Waals surface area contributed by atoms with E-state index in [4.69, 9.17) is 5.11 Å². The number of nitro groups is 2. The van der Waals surface area contributed by atoms with Crippen molar-refractivity contribution in [2.75, 3.05) is 6.54 Å². The summed E-state index contributed by atoms with van der Waals surface area (Å²) < 4.78 is 0. The standard InChI is InChI=1S/C21H17N3O9/c25-16(26)2-1-11-22-18(12-3-7-14(8-4-12)23(30)31)17(20(28)21(22)29)19(27)13-5-9-15(10-6-13)24(32)33/h3-10,18,27H,1-2,11H2,(H,25,26)/b19-17+/t18-/m0/s1. The molecule has 0 aliphatic carbocycles. The van der Waals surface area contributed by atoms with Crippen LogP contribution in [-0.4, -0.2) is 49.2 Å². The van der Waals surface area contributed by atoms with Crippen molar-refractivity contribution in [2.24, 2.45) is 0 Å². The number of nitro benzene ring substituents is 2. The zero-order valence-corrected chi connectivity index (χ0v) is 16.9. The Bertz CT molecular complexity index is 1170. The number of likely N-dealkylation sites (tertiary alicyclic amines) is 1. The van der Waals surface area contributed by atoms with Crippen molar-refractivity contribution in [1.82, 2.24) is 4.90 Å². The molecule has 1 aliphatic rings. The number of nitrogens with zero attached hydrogens (tertiary/aromatic N) is 3. The quantitative estimate of drug-likeness (QED) is 0.199. The lowest BCUT2D eigenvalue weighted by Crippen LogP contribution is -2.31. The number of Topliss-reactive ketones (excluding diaryl/α,β-unsaturated/α-hetero) is 1. The normalized spacial score (nSPS) is 17.2. The van der Waals surface area contributed by atoms with Gasteiger partial charge in [0.05, 0.1) is 21.5 Å². The van der Waals surface area contributed by atoms with Crippen LogP contribution < -0.4 is 0 Å². The minimum atomic E-state index is -1.13. The zero-order chi connectivity index (χ0) is 24.3. The minimum Gasteiger partial charge on any atom is -0.507 e. The summed E-state index contributed by atoms with van der Waals surface area (Å²) in [5.74, 6) is -3.66. The highest BCUT2D eigenvalue weighted by Crippen LogP contribution is 2.40. The molecule has 170 valence electrons. The highest BCUT2D eigenvalue weighted by Gasteiger charge is 2.45. The van der Waals surface area contributed by atoms with Gasteiger partial charge in [-0.15, -0.1) is 0 Å². The van der Waals surface area contributed by atoms with E-state index in [1.165, 1.54) is 36.4 Å². The Kier molecular flexibility index (Phi) is 6.47. The van der Waals surface area contributed by atoms with Gasteiger partial charge in [0.2, 0.25) is 0 Å². The van der Waals surface area contributed by atoms with Gasteiger partial charge in [0.25, 0.3) is 23.1 Å². The Morgan fingerprint density at radius 2 is 1.42 bits per heavy atom. The van der Waals surface area contributed by atoms with Crippen molar-refractivity contribution in [3.8, 4) is 0 Å². The summed E-state index contributed by atoms with van der Waals surface area (Å²) in [4.78, 5) is 58.1. The van der Waals surface area contributed by atoms with Gasteiger partial charge in [0, 0.05) is 42.8 Å². The first-order valence-corrected chi connectivity index (χ1v) is 9.61. The number of aliphatic carboxylic acids is 1. The van der Waals surface area contributed by atoms with Gasteiger partial charge in [-0.1, -0.05) is 0 Å². The number of carbonyl (C=O) groups excluding carboxylic acids is 2. The van der Waals surface area contributed by atoms with E-state index in [0.717, 1.165) is 17.0 Å². The van der Waals surface area contributed by atoms with Crippen LogP contribution in [0, 0.1) is 20.2 Å². The van der Waals surface area contributed by atoms with E-state index in [1.54, 1.807) is 0 Å². The molecule has 1 saturated heterocycles. The van der Waals surface area contributed by atoms with Crippen LogP contribution in [0.3, 0.4) is 0 Å². The fourth-order valence-electron chi connectivity index (χ4n) is 3.53. The lowest BCUT2D eigenvalue weighted by Gasteiger charge is -2.25. The van der Waals surface area contributed by atoms with E-state index >= 15 is 0 Å². The second-order valence-electron chi connectivity index (χ2n) is 7.14. The summed E-state index contributed by atoms with van der Waals surface area (Å²) >= 11 is 0. The number of carbonyl (C=O) groups is 3. The number of carboxylic acid groups (broad SMARTS) is 1. The fraction of sp³-hybridized carbons (Fsp3) is 0.190. The topological polar surface area (TPSA) is 181 Å². The molecule has 0 spiro atoms. The first-order valence-electron chi connectivity index (χ1n) is 9.61. The minimum absolute atomic E-state index is 0.0312. The smallest absolute Gasteiger partial charge is 0.303 e. The second kappa shape index (κ2) is 9.26. The molecule has 1 atom stereocenters. The van der Waals surface area contributed by atoms with Crippen LogP contribution in [-0.2, 0) is 14.4 Å². The number of carboxylic acids is 1. The average molecular weight is 455 g/mol. The molecule has 12 nitrogen and oxygen atoms in total. The molecule has 1 heterocycles. The third kappa shape index (κ3) is 4.69. The van der Waals surface area contributed by atoms with Crippen LogP contribution >= 0.6 is 0 Å². The van der Waals surface area contributed by atoms with Crippen molar-refractivity contribution in [3.05, 3.63) is 85.5 Å². The van der Waals surface area contributed by atoms with Crippen LogP contribution in [0.5, 0.6) is 0 Å². The fourth-order valence-corrected chi connectivity index (χ4v) is 3.53. The highest BCUT2D eigenvalue weighted by atomic mass is 16.6. The van der Waals surface area contributed by atoms with Gasteiger partial charge in [0.1, 0.15) is 5.76 Å². The molecule has 33 heavy (non-hydrogen) atoms. The Labute approximate surface area is 185 Å². The van der Waals surface area contributed by atoms with Gasteiger partial charge in [-0.3, -0.25) is 34.6 Å². The van der Waals surface area contributed by atoms with Gasteiger partial charge in [-0.2, -0.15) is 0 Å². The number of ketones is 1. The first kappa shape index (κ1) is 23.1.